The maximum Gasteiger partial charge on any atom is 0.150 e. The molecule has 1 aliphatic carbocycles. The Balaban J connectivity index is 2.22. The number of halogens is 1. The summed E-state index contributed by atoms with van der Waals surface area (Å²) in [5.41, 5.74) is 1.29. The van der Waals surface area contributed by atoms with Crippen LogP contribution in [0.4, 0.5) is 0 Å². The lowest BCUT2D eigenvalue weighted by Crippen LogP contribution is -2.34. The summed E-state index contributed by atoms with van der Waals surface area (Å²) in [5, 5.41) is 3.23. The number of rotatable bonds is 4. The van der Waals surface area contributed by atoms with E-state index < -0.39 is 9.84 Å². The van der Waals surface area contributed by atoms with Gasteiger partial charge in [0.15, 0.2) is 0 Å². The van der Waals surface area contributed by atoms with Gasteiger partial charge in [0, 0.05) is 15.9 Å². The summed E-state index contributed by atoms with van der Waals surface area (Å²) in [5.74, 6) is 0.393. The molecule has 1 aliphatic rings. The molecule has 0 saturated heterocycles. The number of benzene rings is 1. The molecule has 1 N–H and O–H groups in total. The molecule has 3 atom stereocenters. The smallest absolute Gasteiger partial charge is 0.150 e. The molecule has 0 aliphatic heterocycles. The minimum Gasteiger partial charge on any atom is -0.313 e. The predicted octanol–water partition coefficient (Wildman–Crippen LogP) is 3.16. The van der Waals surface area contributed by atoms with E-state index in [0.29, 0.717) is 5.92 Å². The highest BCUT2D eigenvalue weighted by Gasteiger charge is 2.33. The van der Waals surface area contributed by atoms with Gasteiger partial charge in [-0.05, 0) is 66.4 Å². The largest absolute Gasteiger partial charge is 0.313 e. The van der Waals surface area contributed by atoms with Gasteiger partial charge in [-0.1, -0.05) is 24.6 Å². The molecule has 0 amide bonds. The Labute approximate surface area is 135 Å². The Morgan fingerprint density at radius 3 is 2.60 bits per heavy atom. The molecular formula is C15H22INO2S. The fraction of sp³-hybridized carbons (Fsp3) is 0.600. The molecule has 1 aromatic carbocycles. The molecule has 3 nitrogen and oxygen atoms in total. The molecule has 0 aromatic heterocycles. The highest BCUT2D eigenvalue weighted by molar-refractivity contribution is 14.1. The monoisotopic (exact) mass is 407 g/mol. The maximum atomic E-state index is 11.8. The van der Waals surface area contributed by atoms with Crippen LogP contribution in [-0.2, 0) is 9.84 Å². The minimum absolute atomic E-state index is 0.168. The van der Waals surface area contributed by atoms with Crippen LogP contribution in [0.25, 0.3) is 0 Å². The van der Waals surface area contributed by atoms with Crippen molar-refractivity contribution in [3.8, 4) is 0 Å². The number of sulfone groups is 1. The molecule has 0 radical (unpaired) electrons. The van der Waals surface area contributed by atoms with Crippen LogP contribution in [0, 0.1) is 9.49 Å². The highest BCUT2D eigenvalue weighted by Crippen LogP contribution is 2.37. The van der Waals surface area contributed by atoms with Crippen LogP contribution >= 0.6 is 22.6 Å². The van der Waals surface area contributed by atoms with Crippen LogP contribution in [0.15, 0.2) is 24.3 Å². The van der Waals surface area contributed by atoms with Crippen LogP contribution in [0.3, 0.4) is 0 Å². The quantitative estimate of drug-likeness (QED) is 0.781. The van der Waals surface area contributed by atoms with Gasteiger partial charge < -0.3 is 5.32 Å². The molecule has 1 fully saturated rings. The summed E-state index contributed by atoms with van der Waals surface area (Å²) in [4.78, 5) is 0. The zero-order chi connectivity index (χ0) is 14.8. The molecule has 1 saturated carbocycles. The van der Waals surface area contributed by atoms with Gasteiger partial charge in [0.2, 0.25) is 0 Å². The van der Waals surface area contributed by atoms with Crippen molar-refractivity contribution in [1.29, 1.82) is 0 Å². The van der Waals surface area contributed by atoms with Gasteiger partial charge in [0.25, 0.3) is 0 Å². The van der Waals surface area contributed by atoms with Crippen LogP contribution in [0.5, 0.6) is 0 Å². The lowest BCUT2D eigenvalue weighted by molar-refractivity contribution is 0.282. The van der Waals surface area contributed by atoms with E-state index in [0.717, 1.165) is 25.7 Å². The molecule has 112 valence electrons. The van der Waals surface area contributed by atoms with E-state index in [9.17, 15) is 8.42 Å². The molecule has 3 unspecified atom stereocenters. The van der Waals surface area contributed by atoms with E-state index in [1.807, 2.05) is 13.1 Å². The second kappa shape index (κ2) is 6.75. The number of hydrogen-bond acceptors (Lipinski definition) is 3. The van der Waals surface area contributed by atoms with Crippen molar-refractivity contribution in [2.24, 2.45) is 5.92 Å². The third kappa shape index (κ3) is 3.74. The highest BCUT2D eigenvalue weighted by atomic mass is 127. The molecule has 20 heavy (non-hydrogen) atoms. The van der Waals surface area contributed by atoms with E-state index in [4.69, 9.17) is 0 Å². The third-order valence-electron chi connectivity index (χ3n) is 4.29. The van der Waals surface area contributed by atoms with Crippen molar-refractivity contribution < 1.29 is 8.42 Å². The fourth-order valence-corrected chi connectivity index (χ4v) is 5.16. The average molecular weight is 407 g/mol. The van der Waals surface area contributed by atoms with Gasteiger partial charge >= 0.3 is 0 Å². The molecule has 0 heterocycles. The Bertz CT molecular complexity index is 559. The van der Waals surface area contributed by atoms with Gasteiger partial charge in [-0.25, -0.2) is 8.42 Å². The summed E-state index contributed by atoms with van der Waals surface area (Å²) in [6, 6.07) is 8.59. The van der Waals surface area contributed by atoms with E-state index in [2.05, 4.69) is 46.1 Å². The molecule has 0 bridgehead atoms. The SMILES string of the molecule is CNC(c1ccccc1I)C1CCCC(S(C)(=O)=O)C1. The lowest BCUT2D eigenvalue weighted by atomic mass is 9.81. The standard InChI is InChI=1S/C15H22INO2S/c1-17-15(13-8-3-4-9-14(13)16)11-6-5-7-12(10-11)20(2,18)19/h3-4,8-9,11-12,15,17H,5-7,10H2,1-2H3. The third-order valence-corrected chi connectivity index (χ3v) is 6.92. The van der Waals surface area contributed by atoms with Crippen LogP contribution in [-0.4, -0.2) is 27.0 Å². The van der Waals surface area contributed by atoms with E-state index in [1.54, 1.807) is 0 Å². The topological polar surface area (TPSA) is 46.2 Å². The molecule has 2 rings (SSSR count). The molecule has 5 heteroatoms. The van der Waals surface area contributed by atoms with Crippen molar-refractivity contribution in [3.63, 3.8) is 0 Å². The second-order valence-electron chi connectivity index (χ2n) is 5.67. The van der Waals surface area contributed by atoms with Crippen LogP contribution < -0.4 is 5.32 Å². The van der Waals surface area contributed by atoms with Crippen molar-refractivity contribution >= 4 is 32.4 Å². The Hall–Kier alpha value is -0.140. The number of hydrogen-bond donors (Lipinski definition) is 1. The van der Waals surface area contributed by atoms with Gasteiger partial charge in [-0.2, -0.15) is 0 Å². The lowest BCUT2D eigenvalue weighted by Gasteiger charge is -2.34. The first-order valence-corrected chi connectivity index (χ1v) is 10.1. The Kier molecular flexibility index (Phi) is 5.48. The Morgan fingerprint density at radius 1 is 1.30 bits per heavy atom. The summed E-state index contributed by atoms with van der Waals surface area (Å²) in [7, 11) is -0.952. The summed E-state index contributed by atoms with van der Waals surface area (Å²) in [6.07, 6.45) is 5.07. The first kappa shape index (κ1) is 16.2. The molecule has 1 aromatic rings. The van der Waals surface area contributed by atoms with E-state index in [-0.39, 0.29) is 11.3 Å². The van der Waals surface area contributed by atoms with Gasteiger partial charge in [0.05, 0.1) is 5.25 Å². The van der Waals surface area contributed by atoms with Crippen molar-refractivity contribution in [1.82, 2.24) is 5.32 Å². The zero-order valence-electron chi connectivity index (χ0n) is 12.0. The van der Waals surface area contributed by atoms with Gasteiger partial charge in [-0.15, -0.1) is 0 Å². The zero-order valence-corrected chi connectivity index (χ0v) is 14.9. The Morgan fingerprint density at radius 2 is 2.00 bits per heavy atom. The predicted molar refractivity (Wildman–Crippen MR) is 91.5 cm³/mol. The number of nitrogens with one attached hydrogen (secondary N) is 1. The summed E-state index contributed by atoms with van der Waals surface area (Å²) in [6.45, 7) is 0. The first-order chi connectivity index (χ1) is 9.43. The van der Waals surface area contributed by atoms with Crippen LogP contribution in [0.2, 0.25) is 0 Å². The van der Waals surface area contributed by atoms with Crippen LogP contribution in [0.1, 0.15) is 37.3 Å². The average Bonchev–Trinajstić information content (AvgIpc) is 2.41. The minimum atomic E-state index is -2.92. The normalized spacial score (nSPS) is 25.4. The van der Waals surface area contributed by atoms with Crippen molar-refractivity contribution in [2.75, 3.05) is 13.3 Å². The molecular weight excluding hydrogens is 385 g/mol. The summed E-state index contributed by atoms with van der Waals surface area (Å²) < 4.78 is 24.9. The fourth-order valence-electron chi connectivity index (χ4n) is 3.25. The first-order valence-electron chi connectivity index (χ1n) is 7.04. The maximum absolute atomic E-state index is 11.8. The molecule has 0 spiro atoms. The summed E-state index contributed by atoms with van der Waals surface area (Å²) >= 11 is 2.36. The van der Waals surface area contributed by atoms with E-state index in [1.165, 1.54) is 15.4 Å². The van der Waals surface area contributed by atoms with Gasteiger partial charge in [0.1, 0.15) is 9.84 Å². The second-order valence-corrected chi connectivity index (χ2v) is 9.15. The van der Waals surface area contributed by atoms with E-state index >= 15 is 0 Å². The van der Waals surface area contributed by atoms with Crippen molar-refractivity contribution in [3.05, 3.63) is 33.4 Å². The van der Waals surface area contributed by atoms with Crippen molar-refractivity contribution in [2.45, 2.75) is 37.0 Å². The van der Waals surface area contributed by atoms with Gasteiger partial charge in [-0.3, -0.25) is 0 Å².